The largest absolute Gasteiger partial charge is 0.306 e. The summed E-state index contributed by atoms with van der Waals surface area (Å²) in [5.74, 6) is 3.82. The molecule has 4 saturated carbocycles. The Balaban J connectivity index is 0. The standard InChI is InChI=1S/C17H29NP.3C9H19N.C8H11P.CH4.2Fe/c1-14(18(2)3)16-12-9-13-17(16)19(4,5)15-10-7-6-8-11-15;3*1-8(10(2)3)9-6-4-5-7-9;1-9(2)8-6-4-3-5-7-8;;;/h6-8,10-11,14,16-17H,9,12-13H2,1-5H3;3*8-9H,4-7H2,1-3H3;3-7H,1-2H3;1H4;;/q+1;;;;;;;/t14-,16?,17?;3*8-;;;;/m1111..../s1. The third kappa shape index (κ3) is 22.5. The second-order valence-electron chi connectivity index (χ2n) is 20.2. The molecule has 2 aromatic carbocycles. The maximum Gasteiger partial charge on any atom is 0.0936 e. The molecule has 2 aromatic rings. The molecule has 0 N–H and O–H groups in total. The van der Waals surface area contributed by atoms with Crippen LogP contribution in [0, 0.1) is 23.7 Å². The van der Waals surface area contributed by atoms with Crippen molar-refractivity contribution in [3.05, 3.63) is 60.7 Å². The molecular formula is C53H101Fe2N4P2+. The first-order valence-electron chi connectivity index (χ1n) is 23.7. The van der Waals surface area contributed by atoms with Crippen molar-refractivity contribution in [3.63, 3.8) is 0 Å². The molecule has 0 heterocycles. The fraction of sp³-hybridized carbons (Fsp3) is 0.774. The van der Waals surface area contributed by atoms with Crippen LogP contribution in [0.4, 0.5) is 0 Å². The van der Waals surface area contributed by atoms with E-state index >= 15 is 0 Å². The van der Waals surface area contributed by atoms with Gasteiger partial charge in [-0.05, 0) is 190 Å². The normalized spacial score (nSPS) is 21.3. The topological polar surface area (TPSA) is 13.0 Å². The Morgan fingerprint density at radius 1 is 0.459 bits per heavy atom. The Labute approximate surface area is 405 Å². The average molecular weight is 968 g/mol. The van der Waals surface area contributed by atoms with E-state index in [0.29, 0.717) is 6.04 Å². The summed E-state index contributed by atoms with van der Waals surface area (Å²) in [5.41, 5.74) is 0.910. The van der Waals surface area contributed by atoms with E-state index in [1.807, 2.05) is 0 Å². The fourth-order valence-electron chi connectivity index (χ4n) is 10.0. The van der Waals surface area contributed by atoms with Crippen molar-refractivity contribution in [3.8, 4) is 0 Å². The molecule has 0 spiro atoms. The minimum absolute atomic E-state index is 0. The molecule has 8 heteroatoms. The molecule has 2 unspecified atom stereocenters. The molecule has 6 atom stereocenters. The van der Waals surface area contributed by atoms with Crippen molar-refractivity contribution in [1.82, 2.24) is 19.6 Å². The first kappa shape index (κ1) is 63.3. The third-order valence-electron chi connectivity index (χ3n) is 15.2. The van der Waals surface area contributed by atoms with E-state index in [9.17, 15) is 0 Å². The Bertz CT molecular complexity index is 1230. The number of benzene rings is 2. The van der Waals surface area contributed by atoms with Gasteiger partial charge in [-0.15, -0.1) is 0 Å². The predicted octanol–water partition coefficient (Wildman–Crippen LogP) is 12.8. The summed E-state index contributed by atoms with van der Waals surface area (Å²) in [6.07, 6.45) is 21.8. The van der Waals surface area contributed by atoms with Crippen LogP contribution >= 0.6 is 15.2 Å². The number of rotatable bonds is 11. The minimum atomic E-state index is -1.02. The van der Waals surface area contributed by atoms with Gasteiger partial charge in [-0.2, -0.15) is 0 Å². The zero-order chi connectivity index (χ0) is 43.4. The van der Waals surface area contributed by atoms with Gasteiger partial charge in [0.15, 0.2) is 0 Å². The number of nitrogens with zero attached hydrogens (tertiary/aromatic N) is 4. The van der Waals surface area contributed by atoms with Crippen LogP contribution in [0.25, 0.3) is 0 Å². The van der Waals surface area contributed by atoms with Crippen LogP contribution in [-0.2, 0) is 34.1 Å². The van der Waals surface area contributed by atoms with E-state index in [-0.39, 0.29) is 49.5 Å². The van der Waals surface area contributed by atoms with Crippen molar-refractivity contribution in [2.45, 2.75) is 161 Å². The van der Waals surface area contributed by atoms with Gasteiger partial charge < -0.3 is 19.6 Å². The molecule has 4 nitrogen and oxygen atoms in total. The SMILES string of the molecule is C.CP(C)c1ccccc1.C[C@H](C1CCCC1)N(C)C.C[C@H](C1CCCC1)N(C)C.C[C@H](C1CCCC1)N(C)C.C[C@H](C1CCCC1[P+](C)(C)c1ccccc1)N(C)C.[Fe].[Fe]. The van der Waals surface area contributed by atoms with Crippen LogP contribution in [0.15, 0.2) is 60.7 Å². The van der Waals surface area contributed by atoms with Gasteiger partial charge in [0.2, 0.25) is 0 Å². The average Bonchev–Trinajstić information content (AvgIpc) is 4.07. The van der Waals surface area contributed by atoms with Crippen LogP contribution in [0.3, 0.4) is 0 Å². The van der Waals surface area contributed by atoms with Crippen molar-refractivity contribution < 1.29 is 34.1 Å². The Morgan fingerprint density at radius 2 is 0.770 bits per heavy atom. The molecule has 0 radical (unpaired) electrons. The summed E-state index contributed by atoms with van der Waals surface area (Å²) in [4.78, 5) is 9.44. The van der Waals surface area contributed by atoms with E-state index < -0.39 is 7.26 Å². The molecule has 0 bridgehead atoms. The third-order valence-corrected chi connectivity index (χ3v) is 20.4. The summed E-state index contributed by atoms with van der Waals surface area (Å²) < 4.78 is 0. The zero-order valence-corrected chi connectivity index (χ0v) is 46.0. The van der Waals surface area contributed by atoms with Gasteiger partial charge in [0, 0.05) is 71.5 Å². The van der Waals surface area contributed by atoms with E-state index in [4.69, 9.17) is 0 Å². The maximum absolute atomic E-state index is 2.55. The van der Waals surface area contributed by atoms with E-state index in [1.165, 1.54) is 102 Å². The van der Waals surface area contributed by atoms with Crippen LogP contribution in [0.1, 0.15) is 131 Å². The molecule has 61 heavy (non-hydrogen) atoms. The Kier molecular flexibility index (Phi) is 34.9. The monoisotopic (exact) mass is 968 g/mol. The van der Waals surface area contributed by atoms with Gasteiger partial charge in [0.1, 0.15) is 0 Å². The summed E-state index contributed by atoms with van der Waals surface area (Å²) >= 11 is 0. The molecule has 358 valence electrons. The van der Waals surface area contributed by atoms with Crippen LogP contribution in [-0.4, -0.2) is 132 Å². The van der Waals surface area contributed by atoms with Gasteiger partial charge in [0.05, 0.1) is 24.3 Å². The van der Waals surface area contributed by atoms with Gasteiger partial charge in [-0.25, -0.2) is 0 Å². The molecule has 4 aliphatic carbocycles. The predicted molar refractivity (Wildman–Crippen MR) is 276 cm³/mol. The Hall–Kier alpha value is 0.179. The minimum Gasteiger partial charge on any atom is -0.306 e. The maximum atomic E-state index is 2.55. The zero-order valence-electron chi connectivity index (χ0n) is 42.0. The van der Waals surface area contributed by atoms with Crippen molar-refractivity contribution in [2.75, 3.05) is 83.0 Å². The van der Waals surface area contributed by atoms with Gasteiger partial charge in [-0.3, -0.25) is 0 Å². The molecular weight excluding hydrogens is 866 g/mol. The molecule has 0 saturated heterocycles. The summed E-state index contributed by atoms with van der Waals surface area (Å²) in [5, 5.41) is 3.09. The number of hydrogen-bond acceptors (Lipinski definition) is 4. The van der Waals surface area contributed by atoms with E-state index in [0.717, 1.165) is 47.5 Å². The second kappa shape index (κ2) is 33.6. The summed E-state index contributed by atoms with van der Waals surface area (Å²) in [6.45, 7) is 19.1. The molecule has 4 aliphatic rings. The molecule has 0 aromatic heterocycles. The first-order chi connectivity index (χ1) is 27.4. The van der Waals surface area contributed by atoms with Gasteiger partial charge in [0.25, 0.3) is 0 Å². The summed E-state index contributed by atoms with van der Waals surface area (Å²) in [7, 11) is 16.6. The van der Waals surface area contributed by atoms with Crippen LogP contribution in [0.2, 0.25) is 0 Å². The quantitative estimate of drug-likeness (QED) is 0.164. The van der Waals surface area contributed by atoms with Crippen molar-refractivity contribution in [1.29, 1.82) is 0 Å². The fourth-order valence-corrected chi connectivity index (χ4v) is 14.3. The first-order valence-corrected chi connectivity index (χ1v) is 28.7. The van der Waals surface area contributed by atoms with Gasteiger partial charge in [-0.1, -0.05) is 102 Å². The van der Waals surface area contributed by atoms with E-state index in [1.54, 1.807) is 5.30 Å². The molecule has 6 rings (SSSR count). The second-order valence-corrected chi connectivity index (χ2v) is 26.8. The number of hydrogen-bond donors (Lipinski definition) is 0. The van der Waals surface area contributed by atoms with Crippen molar-refractivity contribution >= 4 is 25.8 Å². The molecule has 0 aliphatic heterocycles. The van der Waals surface area contributed by atoms with Crippen LogP contribution < -0.4 is 10.6 Å². The summed E-state index contributed by atoms with van der Waals surface area (Å²) in [6, 6.07) is 25.0. The van der Waals surface area contributed by atoms with Crippen LogP contribution in [0.5, 0.6) is 0 Å². The molecule has 4 fully saturated rings. The Morgan fingerprint density at radius 3 is 1.05 bits per heavy atom. The van der Waals surface area contributed by atoms with E-state index in [2.05, 4.69) is 191 Å². The van der Waals surface area contributed by atoms with Gasteiger partial charge >= 0.3 is 0 Å². The molecule has 0 amide bonds. The van der Waals surface area contributed by atoms with Crippen molar-refractivity contribution in [2.24, 2.45) is 23.7 Å². The smallest absolute Gasteiger partial charge is 0.0936 e.